The molecule has 0 bridgehead atoms. The number of amides is 1. The van der Waals surface area contributed by atoms with Crippen LogP contribution in [-0.4, -0.2) is 28.5 Å². The van der Waals surface area contributed by atoms with E-state index in [1.165, 1.54) is 6.07 Å². The normalized spacial score (nSPS) is 10.3. The van der Waals surface area contributed by atoms with Crippen LogP contribution in [0.1, 0.15) is 16.1 Å². The van der Waals surface area contributed by atoms with Crippen molar-refractivity contribution in [2.24, 2.45) is 0 Å². The van der Waals surface area contributed by atoms with Gasteiger partial charge in [-0.2, -0.15) is 0 Å². The molecule has 0 saturated heterocycles. The number of ether oxygens (including phenoxy) is 1. The van der Waals surface area contributed by atoms with E-state index < -0.39 is 41.1 Å². The van der Waals surface area contributed by atoms with Gasteiger partial charge in [0.25, 0.3) is 11.5 Å². The standard InChI is InChI=1S/C14H12Cl2N4O5/c15-7-2-1-6(8(16)3-7)4-18-9(21)5-25-13(23)11-10(17)12(22)20-14(24)19-11/h1-3H,4-5,17H2,(H,18,21)(H2,19,20,22,24). The van der Waals surface area contributed by atoms with Gasteiger partial charge in [-0.15, -0.1) is 0 Å². The molecule has 0 aliphatic rings. The molecule has 132 valence electrons. The summed E-state index contributed by atoms with van der Waals surface area (Å²) in [5, 5.41) is 3.32. The largest absolute Gasteiger partial charge is 0.451 e. The van der Waals surface area contributed by atoms with Gasteiger partial charge in [-0.1, -0.05) is 29.3 Å². The van der Waals surface area contributed by atoms with Crippen molar-refractivity contribution in [1.29, 1.82) is 0 Å². The number of benzene rings is 1. The molecule has 0 radical (unpaired) electrons. The summed E-state index contributed by atoms with van der Waals surface area (Å²) >= 11 is 11.7. The van der Waals surface area contributed by atoms with Crippen LogP contribution in [0.5, 0.6) is 0 Å². The van der Waals surface area contributed by atoms with Crippen molar-refractivity contribution in [3.63, 3.8) is 0 Å². The summed E-state index contributed by atoms with van der Waals surface area (Å²) in [5.74, 6) is -1.73. The number of carbonyl (C=O) groups excluding carboxylic acids is 2. The predicted octanol–water partition coefficient (Wildman–Crippen LogP) is 0.425. The van der Waals surface area contributed by atoms with Gasteiger partial charge in [-0.25, -0.2) is 9.59 Å². The Morgan fingerprint density at radius 1 is 1.20 bits per heavy atom. The van der Waals surface area contributed by atoms with Crippen LogP contribution in [-0.2, 0) is 16.1 Å². The number of esters is 1. The number of aromatic amines is 2. The lowest BCUT2D eigenvalue weighted by Gasteiger charge is -2.08. The van der Waals surface area contributed by atoms with Gasteiger partial charge in [0.1, 0.15) is 5.69 Å². The smallest absolute Gasteiger partial charge is 0.357 e. The van der Waals surface area contributed by atoms with E-state index in [2.05, 4.69) is 5.32 Å². The molecule has 1 amide bonds. The summed E-state index contributed by atoms with van der Waals surface area (Å²) in [6, 6.07) is 4.77. The van der Waals surface area contributed by atoms with Crippen molar-refractivity contribution >= 4 is 40.8 Å². The van der Waals surface area contributed by atoms with Crippen LogP contribution in [0.15, 0.2) is 27.8 Å². The Kier molecular flexibility index (Phi) is 5.84. The molecule has 11 heteroatoms. The highest BCUT2D eigenvalue weighted by Crippen LogP contribution is 2.20. The number of rotatable bonds is 5. The molecule has 2 rings (SSSR count). The topological polar surface area (TPSA) is 147 Å². The highest BCUT2D eigenvalue weighted by atomic mass is 35.5. The maximum atomic E-state index is 11.8. The average Bonchev–Trinajstić information content (AvgIpc) is 2.55. The summed E-state index contributed by atoms with van der Waals surface area (Å²) in [6.07, 6.45) is 0. The van der Waals surface area contributed by atoms with Crippen molar-refractivity contribution in [3.05, 3.63) is 60.3 Å². The summed E-state index contributed by atoms with van der Waals surface area (Å²) in [4.78, 5) is 49.9. The van der Waals surface area contributed by atoms with E-state index in [4.69, 9.17) is 33.7 Å². The van der Waals surface area contributed by atoms with Crippen LogP contribution in [0.4, 0.5) is 5.69 Å². The molecular weight excluding hydrogens is 375 g/mol. The third kappa shape index (κ3) is 4.85. The lowest BCUT2D eigenvalue weighted by Crippen LogP contribution is -2.32. The number of nitrogens with two attached hydrogens (primary N) is 1. The third-order valence-electron chi connectivity index (χ3n) is 3.01. The van der Waals surface area contributed by atoms with Gasteiger partial charge >= 0.3 is 11.7 Å². The number of H-pyrrole nitrogens is 2. The summed E-state index contributed by atoms with van der Waals surface area (Å²) < 4.78 is 4.71. The second-order valence-electron chi connectivity index (χ2n) is 4.79. The summed E-state index contributed by atoms with van der Waals surface area (Å²) in [5.41, 5.74) is 3.10. The summed E-state index contributed by atoms with van der Waals surface area (Å²) in [6.45, 7) is -0.547. The predicted molar refractivity (Wildman–Crippen MR) is 90.7 cm³/mol. The first-order chi connectivity index (χ1) is 11.8. The monoisotopic (exact) mass is 386 g/mol. The number of nitrogens with one attached hydrogen (secondary N) is 3. The molecule has 0 fully saturated rings. The van der Waals surface area contributed by atoms with E-state index in [1.54, 1.807) is 12.1 Å². The van der Waals surface area contributed by atoms with Crippen molar-refractivity contribution < 1.29 is 14.3 Å². The number of nitrogen functional groups attached to an aromatic ring is 1. The van der Waals surface area contributed by atoms with Crippen LogP contribution >= 0.6 is 23.2 Å². The first-order valence-electron chi connectivity index (χ1n) is 6.77. The van der Waals surface area contributed by atoms with Crippen LogP contribution in [0, 0.1) is 0 Å². The molecule has 0 spiro atoms. The molecule has 9 nitrogen and oxygen atoms in total. The molecule has 0 atom stereocenters. The van der Waals surface area contributed by atoms with E-state index in [0.29, 0.717) is 15.6 Å². The second kappa shape index (κ2) is 7.86. The first-order valence-corrected chi connectivity index (χ1v) is 7.53. The van der Waals surface area contributed by atoms with E-state index in [-0.39, 0.29) is 6.54 Å². The Labute approximate surface area is 150 Å². The SMILES string of the molecule is Nc1c(C(=O)OCC(=O)NCc2ccc(Cl)cc2Cl)[nH]c(=O)[nH]c1=O. The molecule has 0 aliphatic carbocycles. The number of anilines is 1. The van der Waals surface area contributed by atoms with Crippen LogP contribution in [0.2, 0.25) is 10.0 Å². The Hall–Kier alpha value is -2.78. The lowest BCUT2D eigenvalue weighted by atomic mass is 10.2. The van der Waals surface area contributed by atoms with Crippen molar-refractivity contribution in [2.75, 3.05) is 12.3 Å². The molecule has 5 N–H and O–H groups in total. The molecule has 0 unspecified atom stereocenters. The van der Waals surface area contributed by atoms with Gasteiger partial charge in [0.05, 0.1) is 0 Å². The molecule has 0 saturated carbocycles. The fourth-order valence-corrected chi connectivity index (χ4v) is 2.25. The Bertz CT molecular complexity index is 938. The Morgan fingerprint density at radius 3 is 2.60 bits per heavy atom. The summed E-state index contributed by atoms with van der Waals surface area (Å²) in [7, 11) is 0. The zero-order valence-corrected chi connectivity index (χ0v) is 14.0. The van der Waals surface area contributed by atoms with Gasteiger partial charge < -0.3 is 15.8 Å². The minimum atomic E-state index is -1.11. The molecule has 0 aliphatic heterocycles. The first kappa shape index (κ1) is 18.6. The van der Waals surface area contributed by atoms with Crippen molar-refractivity contribution in [1.82, 2.24) is 15.3 Å². The van der Waals surface area contributed by atoms with Gasteiger partial charge in [0.15, 0.2) is 12.3 Å². The van der Waals surface area contributed by atoms with Crippen molar-refractivity contribution in [3.8, 4) is 0 Å². The molecule has 1 aromatic heterocycles. The van der Waals surface area contributed by atoms with Gasteiger partial charge in [-0.3, -0.25) is 19.6 Å². The number of aromatic nitrogens is 2. The second-order valence-corrected chi connectivity index (χ2v) is 5.63. The Balaban J connectivity index is 1.93. The van der Waals surface area contributed by atoms with Crippen LogP contribution in [0.25, 0.3) is 0 Å². The zero-order chi connectivity index (χ0) is 18.6. The molecular formula is C14H12Cl2N4O5. The highest BCUT2D eigenvalue weighted by molar-refractivity contribution is 6.35. The van der Waals surface area contributed by atoms with E-state index in [9.17, 15) is 19.2 Å². The number of hydrogen-bond acceptors (Lipinski definition) is 6. The van der Waals surface area contributed by atoms with E-state index in [1.807, 2.05) is 9.97 Å². The van der Waals surface area contributed by atoms with Crippen LogP contribution < -0.4 is 22.3 Å². The van der Waals surface area contributed by atoms with Crippen LogP contribution in [0.3, 0.4) is 0 Å². The minimum absolute atomic E-state index is 0.0936. The molecule has 2 aromatic rings. The molecule has 1 aromatic carbocycles. The van der Waals surface area contributed by atoms with E-state index >= 15 is 0 Å². The minimum Gasteiger partial charge on any atom is -0.451 e. The highest BCUT2D eigenvalue weighted by Gasteiger charge is 2.17. The third-order valence-corrected chi connectivity index (χ3v) is 3.60. The van der Waals surface area contributed by atoms with E-state index in [0.717, 1.165) is 0 Å². The van der Waals surface area contributed by atoms with Crippen molar-refractivity contribution in [2.45, 2.75) is 6.54 Å². The number of hydrogen-bond donors (Lipinski definition) is 4. The molecule has 1 heterocycles. The number of carbonyl (C=O) groups is 2. The van der Waals surface area contributed by atoms with Gasteiger partial charge in [0, 0.05) is 16.6 Å². The van der Waals surface area contributed by atoms with Gasteiger partial charge in [-0.05, 0) is 17.7 Å². The quantitative estimate of drug-likeness (QED) is 0.547. The number of halogens is 2. The fraction of sp³-hybridized carbons (Fsp3) is 0.143. The van der Waals surface area contributed by atoms with Gasteiger partial charge in [0.2, 0.25) is 0 Å². The maximum Gasteiger partial charge on any atom is 0.357 e. The maximum absolute atomic E-state index is 11.8. The lowest BCUT2D eigenvalue weighted by molar-refractivity contribution is -0.124. The Morgan fingerprint density at radius 2 is 1.92 bits per heavy atom. The zero-order valence-electron chi connectivity index (χ0n) is 12.5. The molecule has 25 heavy (non-hydrogen) atoms. The average molecular weight is 387 g/mol. The fourth-order valence-electron chi connectivity index (χ4n) is 1.77.